The summed E-state index contributed by atoms with van der Waals surface area (Å²) in [6, 6.07) is 6.40. The predicted molar refractivity (Wildman–Crippen MR) is 96.3 cm³/mol. The second kappa shape index (κ2) is 6.94. The zero-order valence-electron chi connectivity index (χ0n) is 15.2. The Hall–Kier alpha value is -3.03. The number of hydrogen-bond acceptors (Lipinski definition) is 5. The molecule has 8 heteroatoms. The van der Waals surface area contributed by atoms with Crippen molar-refractivity contribution in [2.45, 2.75) is 25.7 Å². The first-order valence-electron chi connectivity index (χ1n) is 8.87. The first-order chi connectivity index (χ1) is 13.1. The molecule has 1 atom stereocenters. The number of fused-ring (bicyclic) bond motifs is 1. The van der Waals surface area contributed by atoms with Crippen LogP contribution in [0.3, 0.4) is 0 Å². The maximum Gasteiger partial charge on any atom is 0.257 e. The molecule has 4 rings (SSSR count). The van der Waals surface area contributed by atoms with E-state index in [4.69, 9.17) is 4.74 Å². The molecule has 1 amide bonds. The fourth-order valence-electron chi connectivity index (χ4n) is 3.71. The Morgan fingerprint density at radius 2 is 2.22 bits per heavy atom. The zero-order valence-corrected chi connectivity index (χ0v) is 15.2. The Kier molecular flexibility index (Phi) is 4.47. The highest BCUT2D eigenvalue weighted by Gasteiger charge is 2.29. The van der Waals surface area contributed by atoms with E-state index in [2.05, 4.69) is 15.1 Å². The molecule has 3 heterocycles. The third-order valence-electron chi connectivity index (χ3n) is 4.94. The van der Waals surface area contributed by atoms with Crippen LogP contribution in [0.5, 0.6) is 5.75 Å². The van der Waals surface area contributed by atoms with E-state index >= 15 is 0 Å². The summed E-state index contributed by atoms with van der Waals surface area (Å²) in [4.78, 5) is 23.3. The Morgan fingerprint density at radius 1 is 1.37 bits per heavy atom. The van der Waals surface area contributed by atoms with Gasteiger partial charge in [-0.1, -0.05) is 6.07 Å². The maximum absolute atomic E-state index is 14.0. The van der Waals surface area contributed by atoms with Gasteiger partial charge in [-0.05, 0) is 38.0 Å². The van der Waals surface area contributed by atoms with Crippen LogP contribution in [0.1, 0.15) is 40.5 Å². The molecule has 0 saturated carbocycles. The molecule has 1 aliphatic rings. The molecule has 2 aromatic heterocycles. The van der Waals surface area contributed by atoms with Crippen molar-refractivity contribution in [3.63, 3.8) is 0 Å². The number of para-hydroxylation sites is 1. The van der Waals surface area contributed by atoms with Crippen LogP contribution in [0.25, 0.3) is 5.78 Å². The average Bonchev–Trinajstić information content (AvgIpc) is 3.15. The molecule has 0 radical (unpaired) electrons. The summed E-state index contributed by atoms with van der Waals surface area (Å²) < 4.78 is 20.8. The summed E-state index contributed by atoms with van der Waals surface area (Å²) in [6.07, 6.45) is 3.27. The normalized spacial score (nSPS) is 17.3. The minimum atomic E-state index is -0.536. The van der Waals surface area contributed by atoms with Gasteiger partial charge in [-0.3, -0.25) is 4.79 Å². The van der Waals surface area contributed by atoms with Crippen molar-refractivity contribution in [1.29, 1.82) is 0 Å². The fourth-order valence-corrected chi connectivity index (χ4v) is 3.71. The van der Waals surface area contributed by atoms with E-state index in [-0.39, 0.29) is 23.1 Å². The number of rotatable bonds is 3. The first kappa shape index (κ1) is 17.4. The zero-order chi connectivity index (χ0) is 19.0. The number of aromatic nitrogens is 4. The van der Waals surface area contributed by atoms with E-state index < -0.39 is 5.82 Å². The molecule has 1 aromatic carbocycles. The van der Waals surface area contributed by atoms with Crippen LogP contribution in [0.15, 0.2) is 30.6 Å². The van der Waals surface area contributed by atoms with Crippen LogP contribution in [0.4, 0.5) is 4.39 Å². The molecule has 1 unspecified atom stereocenters. The van der Waals surface area contributed by atoms with Crippen molar-refractivity contribution in [3.8, 4) is 5.75 Å². The van der Waals surface area contributed by atoms with Gasteiger partial charge in [0, 0.05) is 24.7 Å². The molecule has 7 nitrogen and oxygen atoms in total. The van der Waals surface area contributed by atoms with E-state index in [0.29, 0.717) is 18.9 Å². The molecule has 0 aliphatic carbocycles. The highest BCUT2D eigenvalue weighted by Crippen LogP contribution is 2.30. The van der Waals surface area contributed by atoms with Crippen molar-refractivity contribution in [3.05, 3.63) is 53.4 Å². The number of aryl methyl sites for hydroxylation is 1. The van der Waals surface area contributed by atoms with Crippen LogP contribution in [-0.4, -0.2) is 50.6 Å². The second-order valence-corrected chi connectivity index (χ2v) is 6.71. The van der Waals surface area contributed by atoms with Crippen molar-refractivity contribution < 1.29 is 13.9 Å². The lowest BCUT2D eigenvalue weighted by atomic mass is 9.93. The molecular formula is C19H20FN5O2. The molecule has 3 aromatic rings. The number of methoxy groups -OCH3 is 1. The predicted octanol–water partition coefficient (Wildman–Crippen LogP) is 2.60. The minimum absolute atomic E-state index is 0.0111. The number of benzene rings is 1. The SMILES string of the molecule is COc1c(F)cccc1C(=O)N1CCCC(c2cc(C)nc3ncnn23)C1. The van der Waals surface area contributed by atoms with Gasteiger partial charge in [-0.2, -0.15) is 10.1 Å². The summed E-state index contributed by atoms with van der Waals surface area (Å²) in [6.45, 7) is 3.07. The van der Waals surface area contributed by atoms with Crippen molar-refractivity contribution in [2.75, 3.05) is 20.2 Å². The number of piperidine rings is 1. The van der Waals surface area contributed by atoms with Gasteiger partial charge in [0.1, 0.15) is 6.33 Å². The number of hydrogen-bond donors (Lipinski definition) is 0. The Balaban J connectivity index is 1.64. The van der Waals surface area contributed by atoms with Gasteiger partial charge in [-0.15, -0.1) is 0 Å². The highest BCUT2D eigenvalue weighted by molar-refractivity contribution is 5.97. The lowest BCUT2D eigenvalue weighted by Gasteiger charge is -2.33. The van der Waals surface area contributed by atoms with Crippen molar-refractivity contribution in [1.82, 2.24) is 24.5 Å². The number of carbonyl (C=O) groups excluding carboxylic acids is 1. The third kappa shape index (κ3) is 3.11. The Morgan fingerprint density at radius 3 is 3.04 bits per heavy atom. The Bertz CT molecular complexity index is 1000. The van der Waals surface area contributed by atoms with E-state index in [1.807, 2.05) is 13.0 Å². The fraction of sp³-hybridized carbons (Fsp3) is 0.368. The Labute approximate surface area is 155 Å². The topological polar surface area (TPSA) is 72.6 Å². The third-order valence-corrected chi connectivity index (χ3v) is 4.94. The summed E-state index contributed by atoms with van der Waals surface area (Å²) in [5, 5.41) is 4.27. The minimum Gasteiger partial charge on any atom is -0.493 e. The van der Waals surface area contributed by atoms with Gasteiger partial charge in [0.2, 0.25) is 0 Å². The van der Waals surface area contributed by atoms with Crippen LogP contribution < -0.4 is 4.74 Å². The second-order valence-electron chi connectivity index (χ2n) is 6.71. The lowest BCUT2D eigenvalue weighted by molar-refractivity contribution is 0.0701. The summed E-state index contributed by atoms with van der Waals surface area (Å²) in [5.74, 6) is -0.112. The van der Waals surface area contributed by atoms with Crippen molar-refractivity contribution in [2.24, 2.45) is 0 Å². The molecule has 1 aliphatic heterocycles. The smallest absolute Gasteiger partial charge is 0.257 e. The van der Waals surface area contributed by atoms with Gasteiger partial charge in [0.15, 0.2) is 11.6 Å². The molecule has 1 saturated heterocycles. The van der Waals surface area contributed by atoms with Gasteiger partial charge >= 0.3 is 0 Å². The number of likely N-dealkylation sites (tertiary alicyclic amines) is 1. The van der Waals surface area contributed by atoms with Crippen molar-refractivity contribution >= 4 is 11.7 Å². The van der Waals surface area contributed by atoms with Gasteiger partial charge in [0.05, 0.1) is 18.4 Å². The standard InChI is InChI=1S/C19H20FN5O2/c1-12-9-16(25-19(23-12)21-11-22-25)13-5-4-8-24(10-13)18(26)14-6-3-7-15(20)17(14)27-2/h3,6-7,9,11,13H,4-5,8,10H2,1-2H3. The molecule has 0 bridgehead atoms. The lowest BCUT2D eigenvalue weighted by Crippen LogP contribution is -2.39. The quantitative estimate of drug-likeness (QED) is 0.710. The van der Waals surface area contributed by atoms with Gasteiger partial charge < -0.3 is 9.64 Å². The summed E-state index contributed by atoms with van der Waals surface area (Å²) >= 11 is 0. The van der Waals surface area contributed by atoms with Crippen LogP contribution in [0.2, 0.25) is 0 Å². The molecule has 1 fully saturated rings. The summed E-state index contributed by atoms with van der Waals surface area (Å²) in [7, 11) is 1.37. The van der Waals surface area contributed by atoms with E-state index in [9.17, 15) is 9.18 Å². The number of ether oxygens (including phenoxy) is 1. The molecule has 140 valence electrons. The number of halogens is 1. The molecule has 27 heavy (non-hydrogen) atoms. The van der Waals surface area contributed by atoms with Crippen LogP contribution in [0, 0.1) is 12.7 Å². The number of amides is 1. The number of carbonyl (C=O) groups is 1. The summed E-state index contributed by atoms with van der Waals surface area (Å²) in [5.41, 5.74) is 2.09. The monoisotopic (exact) mass is 369 g/mol. The molecule has 0 spiro atoms. The largest absolute Gasteiger partial charge is 0.493 e. The maximum atomic E-state index is 14.0. The highest BCUT2D eigenvalue weighted by atomic mass is 19.1. The van der Waals surface area contributed by atoms with E-state index in [1.165, 1.54) is 25.6 Å². The molecular weight excluding hydrogens is 349 g/mol. The first-order valence-corrected chi connectivity index (χ1v) is 8.87. The van der Waals surface area contributed by atoms with Gasteiger partial charge in [0.25, 0.3) is 11.7 Å². The van der Waals surface area contributed by atoms with Crippen LogP contribution >= 0.6 is 0 Å². The van der Waals surface area contributed by atoms with Crippen LogP contribution in [-0.2, 0) is 0 Å². The van der Waals surface area contributed by atoms with Gasteiger partial charge in [-0.25, -0.2) is 13.9 Å². The average molecular weight is 369 g/mol. The van der Waals surface area contributed by atoms with E-state index in [1.54, 1.807) is 15.5 Å². The van der Waals surface area contributed by atoms with E-state index in [0.717, 1.165) is 24.2 Å². The number of nitrogens with zero attached hydrogens (tertiary/aromatic N) is 5. The molecule has 0 N–H and O–H groups in total.